The zero-order chi connectivity index (χ0) is 18.0. The molecule has 24 heavy (non-hydrogen) atoms. The summed E-state index contributed by atoms with van der Waals surface area (Å²) in [5, 5.41) is 10.3. The molecule has 0 spiro atoms. The molecule has 1 aromatic carbocycles. The van der Waals surface area contributed by atoms with E-state index >= 15 is 0 Å². The van der Waals surface area contributed by atoms with Crippen LogP contribution in [0.15, 0.2) is 12.1 Å². The van der Waals surface area contributed by atoms with Crippen molar-refractivity contribution in [1.82, 2.24) is 4.98 Å². The molecule has 0 aliphatic rings. The largest absolute Gasteiger partial charge is 0.507 e. The first-order valence-corrected chi connectivity index (χ1v) is 7.94. The van der Waals surface area contributed by atoms with Gasteiger partial charge in [0, 0.05) is 23.2 Å². The van der Waals surface area contributed by atoms with E-state index in [4.69, 9.17) is 4.74 Å². The summed E-state index contributed by atoms with van der Waals surface area (Å²) in [6.45, 7) is 8.98. The Labute approximate surface area is 141 Å². The van der Waals surface area contributed by atoms with Crippen molar-refractivity contribution in [2.24, 2.45) is 0 Å². The van der Waals surface area contributed by atoms with E-state index in [9.17, 15) is 14.7 Å². The van der Waals surface area contributed by atoms with Crippen molar-refractivity contribution in [3.63, 3.8) is 0 Å². The first-order chi connectivity index (χ1) is 11.3. The lowest BCUT2D eigenvalue weighted by Crippen LogP contribution is -2.07. The Balaban J connectivity index is 2.53. The van der Waals surface area contributed by atoms with Crippen LogP contribution in [0, 0.1) is 20.8 Å². The minimum atomic E-state index is -0.478. The molecule has 2 rings (SSSR count). The zero-order valence-corrected chi connectivity index (χ0v) is 14.7. The van der Waals surface area contributed by atoms with E-state index in [-0.39, 0.29) is 18.1 Å². The van der Waals surface area contributed by atoms with E-state index in [2.05, 4.69) is 4.98 Å². The number of aromatic hydroxyl groups is 1. The van der Waals surface area contributed by atoms with Gasteiger partial charge in [0.2, 0.25) is 0 Å². The average Bonchev–Trinajstić information content (AvgIpc) is 2.81. The molecule has 2 aromatic rings. The maximum atomic E-state index is 12.1. The van der Waals surface area contributed by atoms with Crippen molar-refractivity contribution >= 4 is 11.8 Å². The molecular weight excluding hydrogens is 306 g/mol. The van der Waals surface area contributed by atoms with Crippen LogP contribution >= 0.6 is 0 Å². The van der Waals surface area contributed by atoms with Gasteiger partial charge in [-0.05, 0) is 45.7 Å². The van der Waals surface area contributed by atoms with Gasteiger partial charge in [-0.2, -0.15) is 0 Å². The summed E-state index contributed by atoms with van der Waals surface area (Å²) in [4.78, 5) is 27.1. The molecule has 1 heterocycles. The Bertz CT molecular complexity index is 802. The molecule has 5 heteroatoms. The van der Waals surface area contributed by atoms with Crippen LogP contribution < -0.4 is 0 Å². The third kappa shape index (κ3) is 3.35. The van der Waals surface area contributed by atoms with Crippen LogP contribution in [0.25, 0.3) is 0 Å². The summed E-state index contributed by atoms with van der Waals surface area (Å²) in [5.41, 5.74) is 4.49. The van der Waals surface area contributed by atoms with E-state index in [1.807, 2.05) is 26.0 Å². The number of carbonyl (C=O) groups is 2. The van der Waals surface area contributed by atoms with Crippen LogP contribution in [0.2, 0.25) is 0 Å². The van der Waals surface area contributed by atoms with Gasteiger partial charge >= 0.3 is 5.97 Å². The maximum absolute atomic E-state index is 12.1. The minimum absolute atomic E-state index is 0.127. The fourth-order valence-corrected chi connectivity index (χ4v) is 3.05. The van der Waals surface area contributed by atoms with Crippen LogP contribution in [0.5, 0.6) is 5.75 Å². The number of esters is 1. The summed E-state index contributed by atoms with van der Waals surface area (Å²) >= 11 is 0. The van der Waals surface area contributed by atoms with Gasteiger partial charge in [-0.3, -0.25) is 4.79 Å². The lowest BCUT2D eigenvalue weighted by Gasteiger charge is -2.09. The Morgan fingerprint density at radius 2 is 1.88 bits per heavy atom. The Hall–Kier alpha value is -2.56. The van der Waals surface area contributed by atoms with E-state index < -0.39 is 5.97 Å². The van der Waals surface area contributed by atoms with Gasteiger partial charge in [0.05, 0.1) is 6.61 Å². The molecule has 0 aliphatic carbocycles. The van der Waals surface area contributed by atoms with Crippen LogP contribution in [-0.2, 0) is 11.2 Å². The minimum Gasteiger partial charge on any atom is -0.507 e. The molecule has 0 fully saturated rings. The van der Waals surface area contributed by atoms with Gasteiger partial charge < -0.3 is 14.8 Å². The number of carbonyl (C=O) groups excluding carboxylic acids is 2. The van der Waals surface area contributed by atoms with Gasteiger partial charge in [-0.1, -0.05) is 17.7 Å². The van der Waals surface area contributed by atoms with Crippen molar-refractivity contribution in [2.45, 2.75) is 41.0 Å². The standard InChI is InChI=1S/C19H23NO4/c1-6-24-19(23)17-12(4)16(13(5)21)15(20-17)9-14-8-10(2)7-11(3)18(14)22/h7-8,20,22H,6,9H2,1-5H3. The van der Waals surface area contributed by atoms with E-state index in [1.165, 1.54) is 6.92 Å². The number of hydrogen-bond acceptors (Lipinski definition) is 4. The summed E-state index contributed by atoms with van der Waals surface area (Å²) in [6.07, 6.45) is 0.337. The first-order valence-electron chi connectivity index (χ1n) is 7.94. The molecule has 0 bridgehead atoms. The van der Waals surface area contributed by atoms with Crippen LogP contribution in [-0.4, -0.2) is 28.4 Å². The lowest BCUT2D eigenvalue weighted by molar-refractivity contribution is 0.0519. The second-order valence-corrected chi connectivity index (χ2v) is 6.02. The Morgan fingerprint density at radius 1 is 1.21 bits per heavy atom. The number of Topliss-reactive ketones (excluding diaryl/α,β-unsaturated/α-hetero) is 1. The molecule has 0 aliphatic heterocycles. The second-order valence-electron chi connectivity index (χ2n) is 6.02. The van der Waals surface area contributed by atoms with Crippen molar-refractivity contribution in [1.29, 1.82) is 0 Å². The van der Waals surface area contributed by atoms with Gasteiger partial charge in [0.25, 0.3) is 0 Å². The van der Waals surface area contributed by atoms with Crippen molar-refractivity contribution in [3.8, 4) is 5.75 Å². The van der Waals surface area contributed by atoms with E-state index in [1.54, 1.807) is 13.8 Å². The molecule has 0 amide bonds. The number of benzene rings is 1. The Morgan fingerprint density at radius 3 is 2.46 bits per heavy atom. The first kappa shape index (κ1) is 17.8. The predicted molar refractivity (Wildman–Crippen MR) is 91.9 cm³/mol. The number of phenols is 1. The predicted octanol–water partition coefficient (Wildman–Crippen LogP) is 3.62. The normalized spacial score (nSPS) is 10.7. The lowest BCUT2D eigenvalue weighted by atomic mass is 9.98. The van der Waals surface area contributed by atoms with E-state index in [0.717, 1.165) is 11.1 Å². The molecule has 1 aromatic heterocycles. The topological polar surface area (TPSA) is 79.4 Å². The fraction of sp³-hybridized carbons (Fsp3) is 0.368. The molecule has 0 saturated heterocycles. The van der Waals surface area contributed by atoms with Crippen molar-refractivity contribution < 1.29 is 19.4 Å². The van der Waals surface area contributed by atoms with Crippen LogP contribution in [0.4, 0.5) is 0 Å². The molecule has 0 unspecified atom stereocenters. The number of rotatable bonds is 5. The molecule has 0 atom stereocenters. The highest BCUT2D eigenvalue weighted by molar-refractivity contribution is 6.01. The Kier molecular flexibility index (Phi) is 5.12. The number of aromatic amines is 1. The number of hydrogen-bond donors (Lipinski definition) is 2. The fourth-order valence-electron chi connectivity index (χ4n) is 3.05. The summed E-state index contributed by atoms with van der Waals surface area (Å²) in [5.74, 6) is -0.397. The van der Waals surface area contributed by atoms with Crippen LogP contribution in [0.3, 0.4) is 0 Å². The molecule has 5 nitrogen and oxygen atoms in total. The summed E-state index contributed by atoms with van der Waals surface area (Å²) in [6, 6.07) is 3.78. The zero-order valence-electron chi connectivity index (χ0n) is 14.7. The number of phenolic OH excluding ortho intramolecular Hbond substituents is 1. The number of nitrogens with one attached hydrogen (secondary N) is 1. The SMILES string of the molecule is CCOC(=O)c1[nH]c(Cc2cc(C)cc(C)c2O)c(C(C)=O)c1C. The number of aryl methyl sites for hydroxylation is 2. The van der Waals surface area contributed by atoms with Gasteiger partial charge in [0.15, 0.2) is 5.78 Å². The third-order valence-electron chi connectivity index (χ3n) is 4.05. The molecule has 0 saturated carbocycles. The monoisotopic (exact) mass is 329 g/mol. The summed E-state index contributed by atoms with van der Waals surface area (Å²) < 4.78 is 5.04. The van der Waals surface area contributed by atoms with Gasteiger partial charge in [-0.15, -0.1) is 0 Å². The van der Waals surface area contributed by atoms with Gasteiger partial charge in [0.1, 0.15) is 11.4 Å². The summed E-state index contributed by atoms with van der Waals surface area (Å²) in [7, 11) is 0. The smallest absolute Gasteiger partial charge is 0.355 e. The molecule has 128 valence electrons. The maximum Gasteiger partial charge on any atom is 0.355 e. The van der Waals surface area contributed by atoms with Crippen molar-refractivity contribution in [2.75, 3.05) is 6.61 Å². The number of ether oxygens (including phenoxy) is 1. The highest BCUT2D eigenvalue weighted by Gasteiger charge is 2.23. The quantitative estimate of drug-likeness (QED) is 0.648. The second kappa shape index (κ2) is 6.91. The van der Waals surface area contributed by atoms with E-state index in [0.29, 0.717) is 34.5 Å². The highest BCUT2D eigenvalue weighted by atomic mass is 16.5. The third-order valence-corrected chi connectivity index (χ3v) is 4.05. The number of aromatic nitrogens is 1. The molecular formula is C19H23NO4. The molecule has 0 radical (unpaired) electrons. The molecule has 2 N–H and O–H groups in total. The highest BCUT2D eigenvalue weighted by Crippen LogP contribution is 2.29. The number of ketones is 1. The van der Waals surface area contributed by atoms with Gasteiger partial charge in [-0.25, -0.2) is 4.79 Å². The number of H-pyrrole nitrogens is 1. The van der Waals surface area contributed by atoms with Crippen LogP contribution in [0.1, 0.15) is 62.6 Å². The average molecular weight is 329 g/mol. The van der Waals surface area contributed by atoms with Crippen molar-refractivity contribution in [3.05, 3.63) is 51.3 Å².